The molecule has 2 aliphatic rings. The van der Waals surface area contributed by atoms with Gasteiger partial charge in [0.05, 0.1) is 26.4 Å². The van der Waals surface area contributed by atoms with E-state index in [4.69, 9.17) is 18.9 Å². The van der Waals surface area contributed by atoms with Gasteiger partial charge in [-0.3, -0.25) is 4.79 Å². The molecule has 0 aromatic heterocycles. The average Bonchev–Trinajstić information content (AvgIpc) is 3.21. The molecule has 1 aromatic rings. The van der Waals surface area contributed by atoms with Crippen molar-refractivity contribution in [2.45, 2.75) is 38.9 Å². The highest BCUT2D eigenvalue weighted by molar-refractivity contribution is 5.76. The first kappa shape index (κ1) is 19.0. The van der Waals surface area contributed by atoms with Gasteiger partial charge in [-0.15, -0.1) is 0 Å². The second-order valence-corrected chi connectivity index (χ2v) is 6.66. The van der Waals surface area contributed by atoms with E-state index in [2.05, 4.69) is 0 Å². The zero-order valence-electron chi connectivity index (χ0n) is 15.5. The first-order chi connectivity index (χ1) is 12.8. The van der Waals surface area contributed by atoms with Crippen LogP contribution in [0.2, 0.25) is 0 Å². The first-order valence-corrected chi connectivity index (χ1v) is 9.63. The van der Waals surface area contributed by atoms with Gasteiger partial charge in [-0.25, -0.2) is 0 Å². The van der Waals surface area contributed by atoms with Crippen molar-refractivity contribution in [2.24, 2.45) is 5.92 Å². The number of amides is 1. The molecule has 0 spiro atoms. The van der Waals surface area contributed by atoms with Gasteiger partial charge in [-0.1, -0.05) is 12.1 Å². The van der Waals surface area contributed by atoms with Crippen LogP contribution in [0.3, 0.4) is 0 Å². The van der Waals surface area contributed by atoms with E-state index in [0.29, 0.717) is 45.2 Å². The van der Waals surface area contributed by atoms with Crippen molar-refractivity contribution in [3.8, 4) is 11.5 Å². The van der Waals surface area contributed by atoms with Crippen LogP contribution < -0.4 is 9.47 Å². The molecule has 0 aliphatic carbocycles. The van der Waals surface area contributed by atoms with Gasteiger partial charge in [0.2, 0.25) is 5.91 Å². The Kier molecular flexibility index (Phi) is 7.14. The lowest BCUT2D eigenvalue weighted by Gasteiger charge is -2.33. The summed E-state index contributed by atoms with van der Waals surface area (Å²) >= 11 is 0. The second kappa shape index (κ2) is 9.78. The van der Waals surface area contributed by atoms with E-state index >= 15 is 0 Å². The minimum Gasteiger partial charge on any atom is -0.490 e. The van der Waals surface area contributed by atoms with Gasteiger partial charge in [-0.2, -0.15) is 0 Å². The van der Waals surface area contributed by atoms with E-state index in [1.807, 2.05) is 36.1 Å². The Morgan fingerprint density at radius 3 is 2.42 bits per heavy atom. The molecule has 0 saturated carbocycles. The third-order valence-electron chi connectivity index (χ3n) is 4.87. The summed E-state index contributed by atoms with van der Waals surface area (Å²) in [6, 6.07) is 7.63. The molecule has 26 heavy (non-hydrogen) atoms. The maximum Gasteiger partial charge on any atom is 0.222 e. The number of carbonyl (C=O) groups is 1. The minimum atomic E-state index is -0.0638. The molecular weight excluding hydrogens is 334 g/mol. The van der Waals surface area contributed by atoms with Gasteiger partial charge in [0.25, 0.3) is 0 Å². The molecular formula is C20H29NO5. The maximum absolute atomic E-state index is 12.4. The van der Waals surface area contributed by atoms with Crippen LogP contribution in [0.15, 0.2) is 24.3 Å². The number of nitrogens with zero attached hydrogens (tertiary/aromatic N) is 1. The highest BCUT2D eigenvalue weighted by atomic mass is 16.7. The van der Waals surface area contributed by atoms with Crippen LogP contribution in [0, 0.1) is 5.92 Å². The van der Waals surface area contributed by atoms with Crippen LogP contribution >= 0.6 is 0 Å². The van der Waals surface area contributed by atoms with E-state index in [-0.39, 0.29) is 12.2 Å². The molecule has 1 aromatic carbocycles. The molecule has 0 radical (unpaired) electrons. The molecule has 144 valence electrons. The molecule has 2 aliphatic heterocycles. The van der Waals surface area contributed by atoms with Crippen molar-refractivity contribution >= 4 is 5.91 Å². The standard InChI is InChI=1S/C20H29NO5/c1-2-23-17-6-3-4-7-18(17)24-13-5-8-19(22)21-11-9-16(10-12-21)20-25-14-15-26-20/h3-4,6-7,16,20H,2,5,8-15H2,1H3. The lowest BCUT2D eigenvalue weighted by atomic mass is 9.96. The summed E-state index contributed by atoms with van der Waals surface area (Å²) < 4.78 is 22.5. The fraction of sp³-hybridized carbons (Fsp3) is 0.650. The Hall–Kier alpha value is -1.79. The Morgan fingerprint density at radius 2 is 1.77 bits per heavy atom. The van der Waals surface area contributed by atoms with Gasteiger partial charge in [0, 0.05) is 25.4 Å². The number of para-hydroxylation sites is 2. The van der Waals surface area contributed by atoms with E-state index in [1.54, 1.807) is 0 Å². The SMILES string of the molecule is CCOc1ccccc1OCCCC(=O)N1CCC(C2OCCO2)CC1. The number of hydrogen-bond donors (Lipinski definition) is 0. The first-order valence-electron chi connectivity index (χ1n) is 9.63. The number of rotatable bonds is 8. The Morgan fingerprint density at radius 1 is 1.12 bits per heavy atom. The molecule has 0 bridgehead atoms. The van der Waals surface area contributed by atoms with E-state index in [0.717, 1.165) is 37.4 Å². The summed E-state index contributed by atoms with van der Waals surface area (Å²) in [4.78, 5) is 14.3. The topological polar surface area (TPSA) is 57.2 Å². The lowest BCUT2D eigenvalue weighted by molar-refractivity contribution is -0.137. The number of piperidine rings is 1. The van der Waals surface area contributed by atoms with Crippen molar-refractivity contribution in [2.75, 3.05) is 39.5 Å². The average molecular weight is 363 g/mol. The largest absolute Gasteiger partial charge is 0.490 e. The zero-order valence-corrected chi connectivity index (χ0v) is 15.5. The summed E-state index contributed by atoms with van der Waals surface area (Å²) in [7, 11) is 0. The number of benzene rings is 1. The van der Waals surface area contributed by atoms with Crippen LogP contribution in [-0.2, 0) is 14.3 Å². The summed E-state index contributed by atoms with van der Waals surface area (Å²) in [5.41, 5.74) is 0. The molecule has 2 fully saturated rings. The van der Waals surface area contributed by atoms with Crippen molar-refractivity contribution in [3.63, 3.8) is 0 Å². The zero-order chi connectivity index (χ0) is 18.2. The predicted octanol–water partition coefficient (Wildman–Crippen LogP) is 2.86. The highest BCUT2D eigenvalue weighted by Gasteiger charge is 2.31. The predicted molar refractivity (Wildman–Crippen MR) is 97.3 cm³/mol. The second-order valence-electron chi connectivity index (χ2n) is 6.66. The number of hydrogen-bond acceptors (Lipinski definition) is 5. The molecule has 2 heterocycles. The quantitative estimate of drug-likeness (QED) is 0.665. The third kappa shape index (κ3) is 5.11. The van der Waals surface area contributed by atoms with Crippen LogP contribution in [0.1, 0.15) is 32.6 Å². The van der Waals surface area contributed by atoms with Crippen LogP contribution in [0.5, 0.6) is 11.5 Å². The summed E-state index contributed by atoms with van der Waals surface area (Å²) in [5.74, 6) is 2.11. The molecule has 6 nitrogen and oxygen atoms in total. The summed E-state index contributed by atoms with van der Waals surface area (Å²) in [6.07, 6.45) is 3.06. The molecule has 0 N–H and O–H groups in total. The lowest BCUT2D eigenvalue weighted by Crippen LogP contribution is -2.41. The minimum absolute atomic E-state index is 0.0638. The molecule has 0 atom stereocenters. The maximum atomic E-state index is 12.4. The normalized spacial score (nSPS) is 18.9. The molecule has 6 heteroatoms. The fourth-order valence-corrected chi connectivity index (χ4v) is 3.48. The van der Waals surface area contributed by atoms with Crippen LogP contribution in [-0.4, -0.2) is 56.6 Å². The molecule has 3 rings (SSSR count). The van der Waals surface area contributed by atoms with Gasteiger partial charge in [0.15, 0.2) is 17.8 Å². The number of carbonyl (C=O) groups excluding carboxylic acids is 1. The van der Waals surface area contributed by atoms with Crippen molar-refractivity contribution < 1.29 is 23.7 Å². The van der Waals surface area contributed by atoms with E-state index < -0.39 is 0 Å². The van der Waals surface area contributed by atoms with Gasteiger partial charge >= 0.3 is 0 Å². The van der Waals surface area contributed by atoms with Gasteiger partial charge in [-0.05, 0) is 38.3 Å². The van der Waals surface area contributed by atoms with Crippen LogP contribution in [0.4, 0.5) is 0 Å². The Labute approximate surface area is 155 Å². The van der Waals surface area contributed by atoms with Gasteiger partial charge in [0.1, 0.15) is 0 Å². The Balaban J connectivity index is 1.34. The van der Waals surface area contributed by atoms with E-state index in [1.165, 1.54) is 0 Å². The van der Waals surface area contributed by atoms with Crippen molar-refractivity contribution in [3.05, 3.63) is 24.3 Å². The smallest absolute Gasteiger partial charge is 0.222 e. The highest BCUT2D eigenvalue weighted by Crippen LogP contribution is 2.27. The Bertz CT molecular complexity index is 565. The monoisotopic (exact) mass is 363 g/mol. The number of likely N-dealkylation sites (tertiary alicyclic amines) is 1. The fourth-order valence-electron chi connectivity index (χ4n) is 3.48. The summed E-state index contributed by atoms with van der Waals surface area (Å²) in [5, 5.41) is 0. The molecule has 0 unspecified atom stereocenters. The summed E-state index contributed by atoms with van der Waals surface area (Å²) in [6.45, 7) is 6.03. The third-order valence-corrected chi connectivity index (χ3v) is 4.87. The molecule has 2 saturated heterocycles. The van der Waals surface area contributed by atoms with Gasteiger partial charge < -0.3 is 23.8 Å². The van der Waals surface area contributed by atoms with Crippen molar-refractivity contribution in [1.29, 1.82) is 0 Å². The number of ether oxygens (including phenoxy) is 4. The molecule has 1 amide bonds. The van der Waals surface area contributed by atoms with Crippen LogP contribution in [0.25, 0.3) is 0 Å². The van der Waals surface area contributed by atoms with E-state index in [9.17, 15) is 4.79 Å². The van der Waals surface area contributed by atoms with Crippen molar-refractivity contribution in [1.82, 2.24) is 4.90 Å².